The maximum absolute atomic E-state index is 11.5. The average Bonchev–Trinajstić information content (AvgIpc) is 1.64. The van der Waals surface area contributed by atoms with E-state index in [2.05, 4.69) is 12.7 Å². The fraction of sp³-hybridized carbons (Fsp3) is 1.00. The van der Waals surface area contributed by atoms with E-state index in [4.69, 9.17) is 0 Å². The van der Waals surface area contributed by atoms with Crippen LogP contribution in [0.15, 0.2) is 0 Å². The van der Waals surface area contributed by atoms with Crippen molar-refractivity contribution in [3.63, 3.8) is 0 Å². The minimum atomic E-state index is -5.39. The Morgan fingerprint density at radius 3 is 1.33 bits per heavy atom. The van der Waals surface area contributed by atoms with Gasteiger partial charge in [-0.05, 0) is 0 Å². The van der Waals surface area contributed by atoms with Crippen LogP contribution in [0.5, 0.6) is 0 Å². The normalized spacial score (nSPS) is 14.4. The molecule has 0 fully saturated rings. The van der Waals surface area contributed by atoms with Crippen LogP contribution in [-0.2, 0) is 0 Å². The van der Waals surface area contributed by atoms with Gasteiger partial charge in [-0.1, -0.05) is 0 Å². The molecule has 7 heteroatoms. The summed E-state index contributed by atoms with van der Waals surface area (Å²) in [6.07, 6.45) is -5.39. The molecule has 0 N–H and O–H groups in total. The van der Waals surface area contributed by atoms with Crippen molar-refractivity contribution in [3.8, 4) is 0 Å². The molecular formula is C2BrF5I-. The molecule has 0 aliphatic rings. The van der Waals surface area contributed by atoms with Crippen molar-refractivity contribution in [2.45, 2.75) is 10.1 Å². The molecule has 0 spiro atoms. The molecule has 0 bridgehead atoms. The Bertz CT molecular complexity index is 97.6. The molecule has 0 saturated carbocycles. The molecule has 58 valence electrons. The third kappa shape index (κ3) is 2.52. The summed E-state index contributed by atoms with van der Waals surface area (Å²) in [6.45, 7) is 0. The van der Waals surface area contributed by atoms with Crippen LogP contribution in [0, 0.1) is 0 Å². The van der Waals surface area contributed by atoms with Crippen molar-refractivity contribution in [3.05, 3.63) is 0 Å². The van der Waals surface area contributed by atoms with E-state index in [1.807, 2.05) is 0 Å². The Labute approximate surface area is 63.8 Å². The number of rotatable bonds is 1. The monoisotopic (exact) mass is 325 g/mol. The third-order valence-corrected chi connectivity index (χ3v) is 4.06. The molecule has 0 nitrogen and oxygen atoms in total. The zero-order valence-electron chi connectivity index (χ0n) is 3.65. The molecule has 0 rings (SSSR count). The van der Waals surface area contributed by atoms with Crippen LogP contribution in [0.2, 0.25) is 0 Å². The zero-order valence-corrected chi connectivity index (χ0v) is 7.39. The van der Waals surface area contributed by atoms with Crippen molar-refractivity contribution >= 4 is 12.7 Å². The van der Waals surface area contributed by atoms with Gasteiger partial charge in [-0.2, -0.15) is 0 Å². The van der Waals surface area contributed by atoms with E-state index in [9.17, 15) is 22.0 Å². The molecule has 0 heterocycles. The van der Waals surface area contributed by atoms with E-state index >= 15 is 0 Å². The van der Waals surface area contributed by atoms with Gasteiger partial charge in [-0.3, -0.25) is 0 Å². The third-order valence-electron chi connectivity index (χ3n) is 0.411. The number of hydrogen-bond acceptors (Lipinski definition) is 0. The van der Waals surface area contributed by atoms with Crippen LogP contribution >= 0.6 is 12.7 Å². The summed E-state index contributed by atoms with van der Waals surface area (Å²) >= 11 is -0.128. The Hall–Kier alpha value is 0.860. The minimum absolute atomic E-state index is 2.15. The molecule has 0 aliphatic carbocycles. The van der Waals surface area contributed by atoms with Gasteiger partial charge >= 0.3 is 63.7 Å². The van der Waals surface area contributed by atoms with Gasteiger partial charge in [0, 0.05) is 0 Å². The maximum atomic E-state index is 11.5. The second-order valence-electron chi connectivity index (χ2n) is 1.07. The van der Waals surface area contributed by atoms with Crippen molar-refractivity contribution in [2.24, 2.45) is 0 Å². The number of alkyl halides is 6. The van der Waals surface area contributed by atoms with Crippen LogP contribution in [-0.4, -0.2) is 10.1 Å². The first kappa shape index (κ1) is 9.86. The van der Waals surface area contributed by atoms with Crippen LogP contribution in [0.1, 0.15) is 0 Å². The zero-order chi connectivity index (χ0) is 7.71. The predicted molar refractivity (Wildman–Crippen MR) is 19.9 cm³/mol. The van der Waals surface area contributed by atoms with Gasteiger partial charge in [0.1, 0.15) is 0 Å². The van der Waals surface area contributed by atoms with Gasteiger partial charge in [-0.25, -0.2) is 0 Å². The molecule has 0 aromatic heterocycles. The van der Waals surface area contributed by atoms with Crippen molar-refractivity contribution in [2.75, 3.05) is 0 Å². The van der Waals surface area contributed by atoms with Crippen molar-refractivity contribution in [1.29, 1.82) is 0 Å². The molecule has 0 aliphatic heterocycles. The van der Waals surface area contributed by atoms with E-state index in [0.717, 1.165) is 0 Å². The van der Waals surface area contributed by atoms with Gasteiger partial charge in [0.15, 0.2) is 0 Å². The summed E-state index contributed by atoms with van der Waals surface area (Å²) in [7, 11) is 0. The van der Waals surface area contributed by atoms with Gasteiger partial charge in [0.25, 0.3) is 0 Å². The average molecular weight is 326 g/mol. The molecular weight excluding hydrogens is 326 g/mol. The summed E-state index contributed by atoms with van der Waals surface area (Å²) in [5, 5.41) is 0. The summed E-state index contributed by atoms with van der Waals surface area (Å²) in [4.78, 5) is 0. The summed E-state index contributed by atoms with van der Waals surface area (Å²) in [6, 6.07) is 0. The molecule has 0 aromatic rings. The first-order valence-corrected chi connectivity index (χ1v) is 7.44. The standard InChI is InChI=1S/C2BrF5I/c3-9-2(7,8)1(4,5)6/q-1. The number of halogens is 7. The van der Waals surface area contributed by atoms with Gasteiger partial charge in [-0.15, -0.1) is 0 Å². The van der Waals surface area contributed by atoms with E-state index in [1.165, 1.54) is 0 Å². The molecule has 0 atom stereocenters. The van der Waals surface area contributed by atoms with Gasteiger partial charge < -0.3 is 0 Å². The fourth-order valence-corrected chi connectivity index (χ4v) is 1.41. The summed E-state index contributed by atoms with van der Waals surface area (Å²) in [5.41, 5.74) is 0. The molecule has 0 aromatic carbocycles. The second kappa shape index (κ2) is 2.85. The quantitative estimate of drug-likeness (QED) is 0.348. The van der Waals surface area contributed by atoms with Crippen molar-refractivity contribution in [1.82, 2.24) is 0 Å². The van der Waals surface area contributed by atoms with Gasteiger partial charge in [0.05, 0.1) is 0 Å². The second-order valence-corrected chi connectivity index (χ2v) is 4.84. The van der Waals surface area contributed by atoms with Gasteiger partial charge in [0.2, 0.25) is 0 Å². The van der Waals surface area contributed by atoms with E-state index in [0.29, 0.717) is 0 Å². The fourth-order valence-electron chi connectivity index (χ4n) is 0.0405. The van der Waals surface area contributed by atoms with E-state index in [1.54, 1.807) is 0 Å². The Balaban J connectivity index is 4.14. The Morgan fingerprint density at radius 1 is 1.00 bits per heavy atom. The molecule has 0 unspecified atom stereocenters. The SMILES string of the molecule is FC(F)(F)C(F)(F)[I-]Br. The van der Waals surface area contributed by atoms with E-state index < -0.39 is 29.1 Å². The topological polar surface area (TPSA) is 0 Å². The molecule has 0 amide bonds. The van der Waals surface area contributed by atoms with Crippen LogP contribution < -0.4 is 19.0 Å². The van der Waals surface area contributed by atoms with Crippen molar-refractivity contribution < 1.29 is 40.9 Å². The predicted octanol–water partition coefficient (Wildman–Crippen LogP) is -0.460. The molecule has 0 radical (unpaired) electrons. The van der Waals surface area contributed by atoms with Crippen LogP contribution in [0.4, 0.5) is 22.0 Å². The summed E-state index contributed by atoms with van der Waals surface area (Å²) < 4.78 is 51.8. The first-order chi connectivity index (χ1) is 3.81. The van der Waals surface area contributed by atoms with Crippen LogP contribution in [0.3, 0.4) is 0 Å². The molecule has 0 saturated heterocycles. The summed E-state index contributed by atoms with van der Waals surface area (Å²) in [5.74, 6) is 0. The first-order valence-electron chi connectivity index (χ1n) is 1.53. The van der Waals surface area contributed by atoms with Crippen LogP contribution in [0.25, 0.3) is 0 Å². The Kier molecular flexibility index (Phi) is 3.12. The number of hydrogen-bond donors (Lipinski definition) is 0. The Morgan fingerprint density at radius 2 is 1.33 bits per heavy atom. The molecule has 9 heavy (non-hydrogen) atoms. The van der Waals surface area contributed by atoms with E-state index in [-0.39, 0.29) is 0 Å².